The molecule has 4 nitrogen and oxygen atoms in total. The molecule has 4 heteroatoms. The number of rotatable bonds is 10. The molecule has 0 fully saturated rings. The second-order valence-electron chi connectivity index (χ2n) is 5.98. The van der Waals surface area contributed by atoms with E-state index >= 15 is 0 Å². The van der Waals surface area contributed by atoms with Crippen LogP contribution < -0.4 is 4.74 Å². The lowest BCUT2D eigenvalue weighted by Gasteiger charge is -2.12. The van der Waals surface area contributed by atoms with Crippen LogP contribution in [0.3, 0.4) is 0 Å². The van der Waals surface area contributed by atoms with Gasteiger partial charge in [0.05, 0.1) is 0 Å². The molecule has 0 aliphatic carbocycles. The molecule has 1 N–H and O–H groups in total. The number of nitrogens with zero attached hydrogens (tertiary/aromatic N) is 1. The Morgan fingerprint density at radius 2 is 1.95 bits per heavy atom. The maximum absolute atomic E-state index is 11.9. The minimum absolute atomic E-state index is 0.133. The second-order valence-corrected chi connectivity index (χ2v) is 5.98. The monoisotopic (exact) mass is 307 g/mol. The maximum atomic E-state index is 11.9. The molecule has 124 valence electrons. The zero-order valence-corrected chi connectivity index (χ0v) is 14.1. The Morgan fingerprint density at radius 3 is 2.64 bits per heavy atom. The summed E-state index contributed by atoms with van der Waals surface area (Å²) in [5, 5.41) is 9.61. The van der Waals surface area contributed by atoms with Crippen molar-refractivity contribution in [2.24, 2.45) is 0 Å². The van der Waals surface area contributed by atoms with Gasteiger partial charge < -0.3 is 14.7 Å². The van der Waals surface area contributed by atoms with Crippen LogP contribution in [0.25, 0.3) is 0 Å². The van der Waals surface area contributed by atoms with Gasteiger partial charge in [-0.2, -0.15) is 0 Å². The molecule has 0 aromatic heterocycles. The van der Waals surface area contributed by atoms with Crippen molar-refractivity contribution in [3.05, 3.63) is 23.8 Å². The number of esters is 1. The van der Waals surface area contributed by atoms with E-state index < -0.39 is 0 Å². The van der Waals surface area contributed by atoms with Crippen LogP contribution in [-0.4, -0.2) is 36.6 Å². The molecule has 1 aromatic rings. The predicted molar refractivity (Wildman–Crippen MR) is 89.4 cm³/mol. The average Bonchev–Trinajstić information content (AvgIpc) is 2.45. The van der Waals surface area contributed by atoms with E-state index in [1.54, 1.807) is 12.1 Å². The van der Waals surface area contributed by atoms with E-state index in [4.69, 9.17) is 4.74 Å². The highest BCUT2D eigenvalue weighted by Crippen LogP contribution is 2.26. The van der Waals surface area contributed by atoms with E-state index in [0.717, 1.165) is 31.4 Å². The molecule has 0 atom stereocenters. The van der Waals surface area contributed by atoms with Crippen LogP contribution in [0.4, 0.5) is 0 Å². The maximum Gasteiger partial charge on any atom is 0.311 e. The third-order valence-electron chi connectivity index (χ3n) is 3.56. The molecule has 0 unspecified atom stereocenters. The molecule has 1 rings (SSSR count). The van der Waals surface area contributed by atoms with Gasteiger partial charge in [0.25, 0.3) is 0 Å². The van der Waals surface area contributed by atoms with Crippen molar-refractivity contribution in [3.63, 3.8) is 0 Å². The Labute approximate surface area is 134 Å². The zero-order chi connectivity index (χ0) is 16.4. The van der Waals surface area contributed by atoms with Gasteiger partial charge in [-0.05, 0) is 51.5 Å². The highest BCUT2D eigenvalue weighted by molar-refractivity contribution is 5.73. The van der Waals surface area contributed by atoms with Crippen LogP contribution in [0.1, 0.15) is 51.0 Å². The first-order valence-electron chi connectivity index (χ1n) is 8.20. The van der Waals surface area contributed by atoms with Gasteiger partial charge in [0.2, 0.25) is 0 Å². The van der Waals surface area contributed by atoms with E-state index in [2.05, 4.69) is 6.92 Å². The minimum atomic E-state index is -0.234. The highest BCUT2D eigenvalue weighted by Gasteiger charge is 2.10. The van der Waals surface area contributed by atoms with Crippen molar-refractivity contribution in [1.82, 2.24) is 4.90 Å². The topological polar surface area (TPSA) is 49.8 Å². The van der Waals surface area contributed by atoms with Gasteiger partial charge in [-0.1, -0.05) is 32.3 Å². The number of phenolic OH excluding ortho intramolecular Hbond substituents is 1. The fourth-order valence-corrected chi connectivity index (χ4v) is 2.30. The van der Waals surface area contributed by atoms with Crippen LogP contribution >= 0.6 is 0 Å². The van der Waals surface area contributed by atoms with Gasteiger partial charge >= 0.3 is 5.97 Å². The molecule has 0 spiro atoms. The average molecular weight is 307 g/mol. The Balaban J connectivity index is 2.55. The SMILES string of the molecule is CCCCCCc1ccc(O)cc1OC(=O)CCCN(C)C. The molecule has 1 aromatic carbocycles. The predicted octanol–water partition coefficient (Wildman–Crippen LogP) is 3.76. The summed E-state index contributed by atoms with van der Waals surface area (Å²) in [4.78, 5) is 14.0. The van der Waals surface area contributed by atoms with Crippen LogP contribution in [0.15, 0.2) is 18.2 Å². The van der Waals surface area contributed by atoms with Crippen molar-refractivity contribution in [2.45, 2.75) is 51.9 Å². The normalized spacial score (nSPS) is 10.9. The number of phenols is 1. The largest absolute Gasteiger partial charge is 0.508 e. The second kappa shape index (κ2) is 10.2. The zero-order valence-electron chi connectivity index (χ0n) is 14.1. The van der Waals surface area contributed by atoms with E-state index in [0.29, 0.717) is 12.2 Å². The van der Waals surface area contributed by atoms with Crippen LogP contribution in [0.5, 0.6) is 11.5 Å². The quantitative estimate of drug-likeness (QED) is 0.406. The Kier molecular flexibility index (Phi) is 8.60. The molecule has 0 aliphatic heterocycles. The van der Waals surface area contributed by atoms with Crippen LogP contribution in [0, 0.1) is 0 Å². The van der Waals surface area contributed by atoms with E-state index in [9.17, 15) is 9.90 Å². The molecule has 0 heterocycles. The number of aromatic hydroxyl groups is 1. The summed E-state index contributed by atoms with van der Waals surface area (Å²) < 4.78 is 5.45. The van der Waals surface area contributed by atoms with E-state index in [1.165, 1.54) is 19.3 Å². The standard InChI is InChI=1S/C18H29NO3/c1-4-5-6-7-9-15-11-12-16(20)14-17(15)22-18(21)10-8-13-19(2)3/h11-12,14,20H,4-10,13H2,1-3H3. The number of carbonyl (C=O) groups is 1. The van der Waals surface area contributed by atoms with Gasteiger partial charge in [0.1, 0.15) is 11.5 Å². The first-order chi connectivity index (χ1) is 10.5. The summed E-state index contributed by atoms with van der Waals surface area (Å²) in [5.74, 6) is 0.405. The van der Waals surface area contributed by atoms with E-state index in [1.807, 2.05) is 25.1 Å². The molecule has 22 heavy (non-hydrogen) atoms. The molecule has 0 aliphatic rings. The first kappa shape index (κ1) is 18.5. The van der Waals surface area contributed by atoms with Crippen molar-refractivity contribution in [2.75, 3.05) is 20.6 Å². The summed E-state index contributed by atoms with van der Waals surface area (Å²) >= 11 is 0. The van der Waals surface area contributed by atoms with Crippen molar-refractivity contribution in [3.8, 4) is 11.5 Å². The molecule has 0 radical (unpaired) electrons. The molecular weight excluding hydrogens is 278 g/mol. The summed E-state index contributed by atoms with van der Waals surface area (Å²) in [7, 11) is 3.96. The molecular formula is C18H29NO3. The smallest absolute Gasteiger partial charge is 0.311 e. The molecule has 0 amide bonds. The third kappa shape index (κ3) is 7.46. The third-order valence-corrected chi connectivity index (χ3v) is 3.56. The highest BCUT2D eigenvalue weighted by atomic mass is 16.5. The lowest BCUT2D eigenvalue weighted by Crippen LogP contribution is -2.16. The summed E-state index contributed by atoms with van der Waals surface area (Å²) in [6.45, 7) is 3.04. The Morgan fingerprint density at radius 1 is 1.18 bits per heavy atom. The number of hydrogen-bond donors (Lipinski definition) is 1. The van der Waals surface area contributed by atoms with E-state index in [-0.39, 0.29) is 11.7 Å². The Bertz CT molecular complexity index is 458. The molecule has 0 saturated heterocycles. The number of hydrogen-bond acceptors (Lipinski definition) is 4. The van der Waals surface area contributed by atoms with Gasteiger partial charge in [0, 0.05) is 12.5 Å². The molecule has 0 saturated carbocycles. The summed E-state index contributed by atoms with van der Waals surface area (Å²) in [6.07, 6.45) is 6.71. The number of ether oxygens (including phenoxy) is 1. The number of carbonyl (C=O) groups excluding carboxylic acids is 1. The number of unbranched alkanes of at least 4 members (excludes halogenated alkanes) is 3. The van der Waals surface area contributed by atoms with Crippen LogP contribution in [-0.2, 0) is 11.2 Å². The lowest BCUT2D eigenvalue weighted by atomic mass is 10.1. The van der Waals surface area contributed by atoms with Gasteiger partial charge in [0.15, 0.2) is 0 Å². The first-order valence-corrected chi connectivity index (χ1v) is 8.20. The van der Waals surface area contributed by atoms with Crippen molar-refractivity contribution < 1.29 is 14.6 Å². The fourth-order valence-electron chi connectivity index (χ4n) is 2.30. The number of benzene rings is 1. The summed E-state index contributed by atoms with van der Waals surface area (Å²) in [5.41, 5.74) is 0.995. The molecule has 0 bridgehead atoms. The van der Waals surface area contributed by atoms with Gasteiger partial charge in [-0.25, -0.2) is 0 Å². The Hall–Kier alpha value is -1.55. The minimum Gasteiger partial charge on any atom is -0.508 e. The van der Waals surface area contributed by atoms with Crippen molar-refractivity contribution in [1.29, 1.82) is 0 Å². The van der Waals surface area contributed by atoms with Gasteiger partial charge in [-0.3, -0.25) is 4.79 Å². The van der Waals surface area contributed by atoms with Gasteiger partial charge in [-0.15, -0.1) is 0 Å². The van der Waals surface area contributed by atoms with Crippen LogP contribution in [0.2, 0.25) is 0 Å². The number of aryl methyl sites for hydroxylation is 1. The summed E-state index contributed by atoms with van der Waals surface area (Å²) in [6, 6.07) is 5.04. The lowest BCUT2D eigenvalue weighted by molar-refractivity contribution is -0.134. The van der Waals surface area contributed by atoms with Crippen molar-refractivity contribution >= 4 is 5.97 Å². The fraction of sp³-hybridized carbons (Fsp3) is 0.611.